The van der Waals surface area contributed by atoms with Crippen LogP contribution in [0.3, 0.4) is 0 Å². The second-order valence-electron chi connectivity index (χ2n) is 4.07. The van der Waals surface area contributed by atoms with Crippen LogP contribution in [0.25, 0.3) is 0 Å². The summed E-state index contributed by atoms with van der Waals surface area (Å²) >= 11 is 0. The van der Waals surface area contributed by atoms with Gasteiger partial charge in [-0.1, -0.05) is 0 Å². The first-order valence-corrected chi connectivity index (χ1v) is 4.67. The third-order valence-electron chi connectivity index (χ3n) is 2.30. The van der Waals surface area contributed by atoms with Gasteiger partial charge in [0.05, 0.1) is 11.6 Å². The molecule has 1 unspecified atom stereocenters. The molecule has 1 aromatic heterocycles. The lowest BCUT2D eigenvalue weighted by molar-refractivity contribution is 0.133. The van der Waals surface area contributed by atoms with Gasteiger partial charge in [0.2, 0.25) is 0 Å². The third-order valence-corrected chi connectivity index (χ3v) is 2.30. The van der Waals surface area contributed by atoms with Gasteiger partial charge in [-0.25, -0.2) is 9.97 Å². The minimum Gasteiger partial charge on any atom is -0.391 e. The van der Waals surface area contributed by atoms with Crippen LogP contribution >= 0.6 is 0 Å². The van der Waals surface area contributed by atoms with Gasteiger partial charge in [0.15, 0.2) is 0 Å². The van der Waals surface area contributed by atoms with E-state index in [1.54, 1.807) is 6.92 Å². The van der Waals surface area contributed by atoms with Crippen LogP contribution in [0.2, 0.25) is 0 Å². The fourth-order valence-corrected chi connectivity index (χ4v) is 0.957. The molecule has 0 bridgehead atoms. The molecule has 0 saturated heterocycles. The molecule has 0 amide bonds. The van der Waals surface area contributed by atoms with E-state index >= 15 is 0 Å². The zero-order chi connectivity index (χ0) is 10.8. The zero-order valence-corrected chi connectivity index (χ0v) is 9.07. The van der Waals surface area contributed by atoms with Crippen LogP contribution in [0.5, 0.6) is 0 Å². The average molecular weight is 195 g/mol. The van der Waals surface area contributed by atoms with E-state index in [2.05, 4.69) is 15.3 Å². The Morgan fingerprint density at radius 3 is 2.57 bits per heavy atom. The lowest BCUT2D eigenvalue weighted by Crippen LogP contribution is -2.42. The molecule has 0 fully saturated rings. The predicted octanol–water partition coefficient (Wildman–Crippen LogP) is 1.36. The van der Waals surface area contributed by atoms with E-state index in [0.29, 0.717) is 0 Å². The summed E-state index contributed by atoms with van der Waals surface area (Å²) in [7, 11) is 0. The number of nitrogens with one attached hydrogen (secondary N) is 1. The summed E-state index contributed by atoms with van der Waals surface area (Å²) in [5, 5.41) is 12.7. The number of aliphatic hydroxyl groups excluding tert-OH is 1. The second kappa shape index (κ2) is 3.92. The van der Waals surface area contributed by atoms with E-state index in [9.17, 15) is 5.11 Å². The summed E-state index contributed by atoms with van der Waals surface area (Å²) in [5.41, 5.74) is 0.518. The van der Waals surface area contributed by atoms with Crippen molar-refractivity contribution in [1.29, 1.82) is 0 Å². The quantitative estimate of drug-likeness (QED) is 0.764. The molecule has 4 heteroatoms. The van der Waals surface area contributed by atoms with Crippen molar-refractivity contribution in [3.05, 3.63) is 18.1 Å². The van der Waals surface area contributed by atoms with Crippen LogP contribution < -0.4 is 5.32 Å². The number of nitrogens with zero attached hydrogens (tertiary/aromatic N) is 2. The fraction of sp³-hybridized carbons (Fsp3) is 0.600. The van der Waals surface area contributed by atoms with E-state index in [1.165, 1.54) is 6.33 Å². The van der Waals surface area contributed by atoms with Crippen LogP contribution in [0.4, 0.5) is 5.82 Å². The maximum Gasteiger partial charge on any atom is 0.130 e. The summed E-state index contributed by atoms with van der Waals surface area (Å²) in [6.45, 7) is 7.51. The Kier molecular flexibility index (Phi) is 3.06. The average Bonchev–Trinajstić information content (AvgIpc) is 2.02. The highest BCUT2D eigenvalue weighted by molar-refractivity contribution is 5.37. The van der Waals surface area contributed by atoms with E-state index in [1.807, 2.05) is 26.8 Å². The highest BCUT2D eigenvalue weighted by atomic mass is 16.3. The van der Waals surface area contributed by atoms with Crippen molar-refractivity contribution < 1.29 is 5.11 Å². The van der Waals surface area contributed by atoms with Gasteiger partial charge in [-0.15, -0.1) is 0 Å². The first kappa shape index (κ1) is 10.9. The number of aryl methyl sites for hydroxylation is 1. The summed E-state index contributed by atoms with van der Waals surface area (Å²) in [4.78, 5) is 8.07. The number of anilines is 1. The lowest BCUT2D eigenvalue weighted by Gasteiger charge is -2.29. The second-order valence-corrected chi connectivity index (χ2v) is 4.07. The monoisotopic (exact) mass is 195 g/mol. The Morgan fingerprint density at radius 1 is 1.43 bits per heavy atom. The Labute approximate surface area is 84.4 Å². The molecule has 1 aromatic rings. The van der Waals surface area contributed by atoms with E-state index < -0.39 is 6.10 Å². The molecule has 0 aliphatic heterocycles. The molecular formula is C10H17N3O. The largest absolute Gasteiger partial charge is 0.391 e. The molecule has 0 aliphatic carbocycles. The molecule has 1 atom stereocenters. The van der Waals surface area contributed by atoms with Crippen molar-refractivity contribution in [3.63, 3.8) is 0 Å². The molecule has 78 valence electrons. The summed E-state index contributed by atoms with van der Waals surface area (Å²) in [6, 6.07) is 1.85. The van der Waals surface area contributed by atoms with Gasteiger partial charge in [0.1, 0.15) is 12.1 Å². The first-order chi connectivity index (χ1) is 6.42. The van der Waals surface area contributed by atoms with Gasteiger partial charge in [0.25, 0.3) is 0 Å². The molecular weight excluding hydrogens is 178 g/mol. The zero-order valence-electron chi connectivity index (χ0n) is 9.07. The predicted molar refractivity (Wildman–Crippen MR) is 56.2 cm³/mol. The molecule has 0 radical (unpaired) electrons. The van der Waals surface area contributed by atoms with Crippen molar-refractivity contribution in [2.24, 2.45) is 0 Å². The summed E-state index contributed by atoms with van der Waals surface area (Å²) in [5.74, 6) is 0.739. The van der Waals surface area contributed by atoms with Crippen molar-refractivity contribution in [3.8, 4) is 0 Å². The van der Waals surface area contributed by atoms with Crippen molar-refractivity contribution in [2.75, 3.05) is 5.32 Å². The van der Waals surface area contributed by atoms with Crippen LogP contribution in [0, 0.1) is 6.92 Å². The Bertz CT molecular complexity index is 310. The first-order valence-electron chi connectivity index (χ1n) is 4.67. The lowest BCUT2D eigenvalue weighted by atomic mass is 9.99. The van der Waals surface area contributed by atoms with E-state index in [4.69, 9.17) is 0 Å². The molecule has 1 rings (SSSR count). The molecule has 1 heterocycles. The number of rotatable bonds is 3. The molecule has 0 aliphatic rings. The van der Waals surface area contributed by atoms with Crippen LogP contribution in [-0.4, -0.2) is 26.7 Å². The number of hydrogen-bond donors (Lipinski definition) is 2. The highest BCUT2D eigenvalue weighted by Gasteiger charge is 2.23. The topological polar surface area (TPSA) is 58.0 Å². The van der Waals surface area contributed by atoms with Gasteiger partial charge in [0, 0.05) is 11.8 Å². The maximum absolute atomic E-state index is 9.50. The molecule has 2 N–H and O–H groups in total. The van der Waals surface area contributed by atoms with Crippen LogP contribution in [-0.2, 0) is 0 Å². The molecule has 4 nitrogen and oxygen atoms in total. The Morgan fingerprint density at radius 2 is 2.07 bits per heavy atom. The van der Waals surface area contributed by atoms with Crippen molar-refractivity contribution in [2.45, 2.75) is 39.3 Å². The summed E-state index contributed by atoms with van der Waals surface area (Å²) < 4.78 is 0. The number of aromatic nitrogens is 2. The van der Waals surface area contributed by atoms with E-state index in [-0.39, 0.29) is 5.54 Å². The number of aliphatic hydroxyl groups is 1. The van der Waals surface area contributed by atoms with Gasteiger partial charge >= 0.3 is 0 Å². The normalized spacial score (nSPS) is 13.8. The summed E-state index contributed by atoms with van der Waals surface area (Å²) in [6.07, 6.45) is 1.06. The molecule has 0 saturated carbocycles. The number of hydrogen-bond acceptors (Lipinski definition) is 4. The fourth-order valence-electron chi connectivity index (χ4n) is 0.957. The Hall–Kier alpha value is -1.16. The minimum atomic E-state index is -0.447. The highest BCUT2D eigenvalue weighted by Crippen LogP contribution is 2.16. The van der Waals surface area contributed by atoms with Crippen molar-refractivity contribution >= 4 is 5.82 Å². The van der Waals surface area contributed by atoms with Gasteiger partial charge in [-0.3, -0.25) is 0 Å². The van der Waals surface area contributed by atoms with Gasteiger partial charge in [-0.05, 0) is 27.7 Å². The third kappa shape index (κ3) is 2.67. The molecule has 14 heavy (non-hydrogen) atoms. The van der Waals surface area contributed by atoms with Gasteiger partial charge < -0.3 is 10.4 Å². The SMILES string of the molecule is Cc1cc(NC(C)(C)C(C)O)ncn1. The van der Waals surface area contributed by atoms with Crippen molar-refractivity contribution in [1.82, 2.24) is 9.97 Å². The Balaban J connectivity index is 2.78. The minimum absolute atomic E-state index is 0.388. The maximum atomic E-state index is 9.50. The van der Waals surface area contributed by atoms with Crippen LogP contribution in [0.1, 0.15) is 26.5 Å². The molecule has 0 spiro atoms. The molecule has 0 aromatic carbocycles. The standard InChI is InChI=1S/C10H17N3O/c1-7-5-9(12-6-11-7)13-10(3,4)8(2)14/h5-6,8,14H,1-4H3,(H,11,12,13). The van der Waals surface area contributed by atoms with E-state index in [0.717, 1.165) is 11.5 Å². The van der Waals surface area contributed by atoms with Crippen LogP contribution in [0.15, 0.2) is 12.4 Å². The van der Waals surface area contributed by atoms with Gasteiger partial charge in [-0.2, -0.15) is 0 Å². The smallest absolute Gasteiger partial charge is 0.130 e.